The molecule has 0 unspecified atom stereocenters. The first-order chi connectivity index (χ1) is 8.42. The molecule has 0 saturated carbocycles. The molecule has 2 aromatic heterocycles. The van der Waals surface area contributed by atoms with Crippen molar-refractivity contribution in [2.24, 2.45) is 5.92 Å². The van der Waals surface area contributed by atoms with Gasteiger partial charge in [0, 0.05) is 6.07 Å². The fourth-order valence-electron chi connectivity index (χ4n) is 1.96. The number of hydrogen-bond donors (Lipinski definition) is 1. The highest BCUT2D eigenvalue weighted by Gasteiger charge is 2.14. The maximum atomic E-state index is 5.67. The van der Waals surface area contributed by atoms with Gasteiger partial charge in [0.2, 0.25) is 5.88 Å². The first-order valence-electron chi connectivity index (χ1n) is 5.81. The lowest BCUT2D eigenvalue weighted by atomic mass is 9.99. The quantitative estimate of drug-likeness (QED) is 0.799. The van der Waals surface area contributed by atoms with Gasteiger partial charge in [0.15, 0.2) is 5.65 Å². The number of hydrogen-bond acceptors (Lipinski definition) is 6. The first-order valence-corrected chi connectivity index (χ1v) is 5.81. The van der Waals surface area contributed by atoms with E-state index < -0.39 is 0 Å². The summed E-state index contributed by atoms with van der Waals surface area (Å²) in [6.45, 7) is 2.86. The van der Waals surface area contributed by atoms with E-state index in [0.29, 0.717) is 24.1 Å². The number of nitrogens with zero attached hydrogens (tertiary/aromatic N) is 5. The molecule has 1 aliphatic rings. The fraction of sp³-hybridized carbons (Fsp3) is 0.600. The van der Waals surface area contributed by atoms with Gasteiger partial charge < -0.3 is 10.1 Å². The first kappa shape index (κ1) is 10.4. The van der Waals surface area contributed by atoms with Crippen molar-refractivity contribution in [1.29, 1.82) is 0 Å². The van der Waals surface area contributed by atoms with E-state index >= 15 is 0 Å². The predicted octanol–water partition coefficient (Wildman–Crippen LogP) is -0.102. The average Bonchev–Trinajstić information content (AvgIpc) is 2.85. The van der Waals surface area contributed by atoms with Gasteiger partial charge in [-0.25, -0.2) is 0 Å². The Bertz CT molecular complexity index is 492. The molecule has 2 aromatic rings. The van der Waals surface area contributed by atoms with Gasteiger partial charge in [0.25, 0.3) is 0 Å². The second-order valence-corrected chi connectivity index (χ2v) is 4.20. The molecule has 3 rings (SSSR count). The number of nitrogens with one attached hydrogen (secondary N) is 1. The second kappa shape index (κ2) is 4.62. The molecule has 0 atom stereocenters. The van der Waals surface area contributed by atoms with E-state index in [4.69, 9.17) is 4.74 Å². The van der Waals surface area contributed by atoms with Crippen LogP contribution in [0, 0.1) is 5.92 Å². The van der Waals surface area contributed by atoms with Crippen molar-refractivity contribution in [3.05, 3.63) is 12.1 Å². The Balaban J connectivity index is 1.63. The molecule has 0 aromatic carbocycles. The van der Waals surface area contributed by atoms with Gasteiger partial charge in [-0.3, -0.25) is 0 Å². The minimum Gasteiger partial charge on any atom is -0.476 e. The Morgan fingerprint density at radius 2 is 2.24 bits per heavy atom. The van der Waals surface area contributed by atoms with Crippen LogP contribution >= 0.6 is 0 Å². The topological polar surface area (TPSA) is 77.2 Å². The minimum atomic E-state index is 0.573. The molecule has 0 radical (unpaired) electrons. The summed E-state index contributed by atoms with van der Waals surface area (Å²) in [6.07, 6.45) is 2.32. The van der Waals surface area contributed by atoms with Crippen LogP contribution in [0.1, 0.15) is 12.8 Å². The predicted molar refractivity (Wildman–Crippen MR) is 59.7 cm³/mol. The Kier molecular flexibility index (Phi) is 2.83. The van der Waals surface area contributed by atoms with Gasteiger partial charge in [0.05, 0.1) is 6.61 Å². The molecule has 1 saturated heterocycles. The molecule has 1 N–H and O–H groups in total. The van der Waals surface area contributed by atoms with Crippen LogP contribution in [0.3, 0.4) is 0 Å². The zero-order valence-corrected chi connectivity index (χ0v) is 9.41. The molecule has 1 fully saturated rings. The maximum absolute atomic E-state index is 5.67. The molecule has 90 valence electrons. The number of aromatic nitrogens is 5. The SMILES string of the molecule is c1cc2nnnn2nc1OCC1CCNCC1. The molecule has 17 heavy (non-hydrogen) atoms. The third kappa shape index (κ3) is 2.33. The van der Waals surface area contributed by atoms with Crippen molar-refractivity contribution in [3.8, 4) is 5.88 Å². The summed E-state index contributed by atoms with van der Waals surface area (Å²) in [6, 6.07) is 3.59. The van der Waals surface area contributed by atoms with Gasteiger partial charge in [-0.1, -0.05) is 0 Å². The van der Waals surface area contributed by atoms with Gasteiger partial charge in [-0.2, -0.15) is 0 Å². The van der Waals surface area contributed by atoms with Crippen LogP contribution in [0.4, 0.5) is 0 Å². The summed E-state index contributed by atoms with van der Waals surface area (Å²) in [4.78, 5) is 0. The highest BCUT2D eigenvalue weighted by molar-refractivity contribution is 5.34. The Morgan fingerprint density at radius 3 is 3.12 bits per heavy atom. The van der Waals surface area contributed by atoms with Crippen LogP contribution in [-0.4, -0.2) is 45.0 Å². The van der Waals surface area contributed by atoms with E-state index in [9.17, 15) is 0 Å². The van der Waals surface area contributed by atoms with E-state index in [-0.39, 0.29) is 0 Å². The molecule has 3 heterocycles. The largest absolute Gasteiger partial charge is 0.476 e. The Labute approximate surface area is 98.1 Å². The van der Waals surface area contributed by atoms with Crippen LogP contribution < -0.4 is 10.1 Å². The lowest BCUT2D eigenvalue weighted by molar-refractivity contribution is 0.206. The lowest BCUT2D eigenvalue weighted by Crippen LogP contribution is -2.30. The van der Waals surface area contributed by atoms with Crippen molar-refractivity contribution in [3.63, 3.8) is 0 Å². The van der Waals surface area contributed by atoms with Crippen LogP contribution in [0.5, 0.6) is 5.88 Å². The van der Waals surface area contributed by atoms with Crippen molar-refractivity contribution < 1.29 is 4.74 Å². The molecular formula is C10H14N6O. The number of piperidine rings is 1. The average molecular weight is 234 g/mol. The number of tetrazole rings is 1. The molecule has 0 amide bonds. The summed E-state index contributed by atoms with van der Waals surface area (Å²) in [7, 11) is 0. The van der Waals surface area contributed by atoms with E-state index in [1.807, 2.05) is 0 Å². The third-order valence-corrected chi connectivity index (χ3v) is 2.97. The maximum Gasteiger partial charge on any atom is 0.233 e. The van der Waals surface area contributed by atoms with Gasteiger partial charge in [0.1, 0.15) is 0 Å². The highest BCUT2D eigenvalue weighted by atomic mass is 16.5. The molecule has 7 heteroatoms. The normalized spacial score (nSPS) is 17.4. The Morgan fingerprint density at radius 1 is 1.35 bits per heavy atom. The zero-order valence-electron chi connectivity index (χ0n) is 9.41. The lowest BCUT2D eigenvalue weighted by Gasteiger charge is -2.22. The number of fused-ring (bicyclic) bond motifs is 1. The van der Waals surface area contributed by atoms with Crippen molar-refractivity contribution in [2.75, 3.05) is 19.7 Å². The van der Waals surface area contributed by atoms with Crippen molar-refractivity contribution >= 4 is 5.65 Å². The van der Waals surface area contributed by atoms with Gasteiger partial charge >= 0.3 is 0 Å². The van der Waals surface area contributed by atoms with E-state index in [0.717, 1.165) is 25.9 Å². The van der Waals surface area contributed by atoms with Crippen LogP contribution in [0.2, 0.25) is 0 Å². The zero-order chi connectivity index (χ0) is 11.5. The van der Waals surface area contributed by atoms with E-state index in [2.05, 4.69) is 25.9 Å². The van der Waals surface area contributed by atoms with Crippen LogP contribution in [0.15, 0.2) is 12.1 Å². The second-order valence-electron chi connectivity index (χ2n) is 4.20. The third-order valence-electron chi connectivity index (χ3n) is 2.97. The molecular weight excluding hydrogens is 220 g/mol. The number of ether oxygens (including phenoxy) is 1. The summed E-state index contributed by atoms with van der Waals surface area (Å²) in [5, 5.41) is 18.5. The smallest absolute Gasteiger partial charge is 0.233 e. The summed E-state index contributed by atoms with van der Waals surface area (Å²) in [5.41, 5.74) is 0.624. The van der Waals surface area contributed by atoms with Crippen molar-refractivity contribution in [1.82, 2.24) is 30.6 Å². The van der Waals surface area contributed by atoms with Gasteiger partial charge in [-0.05, 0) is 48.3 Å². The molecule has 0 bridgehead atoms. The molecule has 7 nitrogen and oxygen atoms in total. The molecule has 1 aliphatic heterocycles. The molecule has 0 spiro atoms. The standard InChI is InChI=1S/C10H14N6O/c1-2-10(13-16-9(1)12-14-15-16)17-7-8-3-5-11-6-4-8/h1-2,8,11H,3-7H2. The molecule has 0 aliphatic carbocycles. The minimum absolute atomic E-state index is 0.573. The highest BCUT2D eigenvalue weighted by Crippen LogP contribution is 2.14. The fourth-order valence-corrected chi connectivity index (χ4v) is 1.96. The Hall–Kier alpha value is -1.76. The van der Waals surface area contributed by atoms with Crippen LogP contribution in [0.25, 0.3) is 5.65 Å². The summed E-state index contributed by atoms with van der Waals surface area (Å²) < 4.78 is 7.04. The summed E-state index contributed by atoms with van der Waals surface area (Å²) in [5.74, 6) is 1.19. The van der Waals surface area contributed by atoms with Gasteiger partial charge in [-0.15, -0.1) is 14.8 Å². The van der Waals surface area contributed by atoms with E-state index in [1.165, 1.54) is 4.63 Å². The van der Waals surface area contributed by atoms with Crippen LogP contribution in [-0.2, 0) is 0 Å². The summed E-state index contributed by atoms with van der Waals surface area (Å²) >= 11 is 0. The monoisotopic (exact) mass is 234 g/mol. The number of rotatable bonds is 3. The van der Waals surface area contributed by atoms with Crippen molar-refractivity contribution in [2.45, 2.75) is 12.8 Å². The van der Waals surface area contributed by atoms with E-state index in [1.54, 1.807) is 12.1 Å².